The van der Waals surface area contributed by atoms with Crippen LogP contribution in [-0.4, -0.2) is 13.7 Å². The van der Waals surface area contributed by atoms with E-state index in [1.165, 1.54) is 32.6 Å². The standard InChI is InChI=1S/C50H29N5/c1-52-43-18-11-23-48-50(43)41-17-5-9-22-47(41)54(48)35-25-24-33(31-51)42(29-35)32-12-10-13-34(28-32)55-46-21-8-4-16-39(46)40-27-26-36(30-49(40)55)53-44-19-6-2-14-37(44)38-15-3-7-20-45(38)53/h2-30H. The molecule has 3 heterocycles. The number of nitriles is 1. The lowest BCUT2D eigenvalue weighted by Crippen LogP contribution is -1.98. The van der Waals surface area contributed by atoms with E-state index in [9.17, 15) is 5.26 Å². The zero-order chi connectivity index (χ0) is 36.6. The molecular weight excluding hydrogens is 671 g/mol. The summed E-state index contributed by atoms with van der Waals surface area (Å²) >= 11 is 0. The van der Waals surface area contributed by atoms with Crippen molar-refractivity contribution in [3.63, 3.8) is 0 Å². The van der Waals surface area contributed by atoms with Gasteiger partial charge in [0.2, 0.25) is 0 Å². The molecule has 0 N–H and O–H groups in total. The predicted octanol–water partition coefficient (Wildman–Crippen LogP) is 13.1. The van der Waals surface area contributed by atoms with Crippen molar-refractivity contribution < 1.29 is 0 Å². The Morgan fingerprint density at radius 3 is 1.56 bits per heavy atom. The van der Waals surface area contributed by atoms with Crippen LogP contribution in [0.4, 0.5) is 5.69 Å². The van der Waals surface area contributed by atoms with Gasteiger partial charge in [-0.3, -0.25) is 0 Å². The number of hydrogen-bond acceptors (Lipinski definition) is 1. The van der Waals surface area contributed by atoms with Gasteiger partial charge in [-0.15, -0.1) is 0 Å². The Bertz CT molecular complexity index is 3420. The summed E-state index contributed by atoms with van der Waals surface area (Å²) in [5.41, 5.74) is 12.6. The molecular formula is C50H29N5. The smallest absolute Gasteiger partial charge is 0.197 e. The van der Waals surface area contributed by atoms with Crippen molar-refractivity contribution in [2.24, 2.45) is 0 Å². The van der Waals surface area contributed by atoms with Crippen LogP contribution in [0.15, 0.2) is 176 Å². The molecule has 0 amide bonds. The number of rotatable bonds is 4. The largest absolute Gasteiger partial charge is 0.311 e. The van der Waals surface area contributed by atoms with Gasteiger partial charge in [0.1, 0.15) is 0 Å². The Morgan fingerprint density at radius 1 is 0.418 bits per heavy atom. The fraction of sp³-hybridized carbons (Fsp3) is 0. The number of para-hydroxylation sites is 4. The van der Waals surface area contributed by atoms with E-state index in [1.54, 1.807) is 0 Å². The summed E-state index contributed by atoms with van der Waals surface area (Å²) < 4.78 is 6.92. The first kappa shape index (κ1) is 30.7. The van der Waals surface area contributed by atoms with E-state index in [4.69, 9.17) is 6.57 Å². The fourth-order valence-electron chi connectivity index (χ4n) is 8.77. The van der Waals surface area contributed by atoms with Gasteiger partial charge in [-0.05, 0) is 83.7 Å². The van der Waals surface area contributed by atoms with Gasteiger partial charge < -0.3 is 13.7 Å². The van der Waals surface area contributed by atoms with Gasteiger partial charge in [0.25, 0.3) is 0 Å². The lowest BCUT2D eigenvalue weighted by Gasteiger charge is -2.14. The maximum absolute atomic E-state index is 10.4. The van der Waals surface area contributed by atoms with E-state index in [1.807, 2.05) is 36.4 Å². The summed E-state index contributed by atoms with van der Waals surface area (Å²) in [5.74, 6) is 0. The SMILES string of the molecule is [C-]#[N+]c1cccc2c1c1ccccc1n2-c1ccc(C#N)c(-c2cccc(-n3c4ccccc4c4ccc(-n5c6ccccc6c6ccccc65)cc43)c2)c1. The van der Waals surface area contributed by atoms with Crippen LogP contribution in [0.25, 0.3) is 98.5 Å². The number of benzene rings is 8. The van der Waals surface area contributed by atoms with Crippen LogP contribution in [0.5, 0.6) is 0 Å². The van der Waals surface area contributed by atoms with Crippen LogP contribution in [-0.2, 0) is 0 Å². The van der Waals surface area contributed by atoms with Gasteiger partial charge >= 0.3 is 0 Å². The van der Waals surface area contributed by atoms with Crippen LogP contribution < -0.4 is 0 Å². The molecule has 0 saturated heterocycles. The summed E-state index contributed by atoms with van der Waals surface area (Å²) in [6.45, 7) is 7.88. The third-order valence-corrected chi connectivity index (χ3v) is 11.1. The van der Waals surface area contributed by atoms with Gasteiger partial charge in [0, 0.05) is 55.1 Å². The first-order chi connectivity index (χ1) is 27.2. The van der Waals surface area contributed by atoms with Crippen molar-refractivity contribution >= 4 is 71.1 Å². The summed E-state index contributed by atoms with van der Waals surface area (Å²) in [6.07, 6.45) is 0. The second-order valence-corrected chi connectivity index (χ2v) is 14.0. The molecule has 0 saturated carbocycles. The first-order valence-corrected chi connectivity index (χ1v) is 18.3. The Kier molecular flexibility index (Phi) is 6.61. The highest BCUT2D eigenvalue weighted by atomic mass is 15.0. The molecule has 55 heavy (non-hydrogen) atoms. The lowest BCUT2D eigenvalue weighted by molar-refractivity contribution is 1.15. The van der Waals surface area contributed by atoms with E-state index >= 15 is 0 Å². The third kappa shape index (κ3) is 4.45. The third-order valence-electron chi connectivity index (χ3n) is 11.1. The van der Waals surface area contributed by atoms with Gasteiger partial charge in [-0.25, -0.2) is 4.85 Å². The molecule has 0 unspecified atom stereocenters. The molecule has 8 aromatic carbocycles. The van der Waals surface area contributed by atoms with Crippen molar-refractivity contribution in [1.82, 2.24) is 13.7 Å². The van der Waals surface area contributed by atoms with E-state index in [2.05, 4.69) is 164 Å². The maximum atomic E-state index is 10.4. The zero-order valence-electron chi connectivity index (χ0n) is 29.5. The second kappa shape index (κ2) is 11.8. The monoisotopic (exact) mass is 699 g/mol. The molecule has 0 atom stereocenters. The minimum absolute atomic E-state index is 0.597. The minimum atomic E-state index is 0.597. The Morgan fingerprint density at radius 2 is 0.909 bits per heavy atom. The molecule has 11 aromatic rings. The molecule has 0 aliphatic carbocycles. The fourth-order valence-corrected chi connectivity index (χ4v) is 8.77. The van der Waals surface area contributed by atoms with Crippen molar-refractivity contribution in [3.8, 4) is 34.3 Å². The predicted molar refractivity (Wildman–Crippen MR) is 226 cm³/mol. The average molecular weight is 700 g/mol. The molecule has 0 radical (unpaired) electrons. The van der Waals surface area contributed by atoms with Gasteiger partial charge in [0.05, 0.1) is 45.8 Å². The van der Waals surface area contributed by atoms with E-state index in [0.717, 1.165) is 61.0 Å². The number of nitrogens with zero attached hydrogens (tertiary/aromatic N) is 5. The molecule has 11 rings (SSSR count). The Labute approximate surface area is 316 Å². The summed E-state index contributed by atoms with van der Waals surface area (Å²) in [7, 11) is 0. The molecule has 0 fully saturated rings. The number of aromatic nitrogens is 3. The highest BCUT2D eigenvalue weighted by Crippen LogP contribution is 2.40. The quantitative estimate of drug-likeness (QED) is 0.169. The van der Waals surface area contributed by atoms with Crippen molar-refractivity contribution in [1.29, 1.82) is 5.26 Å². The minimum Gasteiger partial charge on any atom is -0.311 e. The number of fused-ring (bicyclic) bond motifs is 9. The topological polar surface area (TPSA) is 42.9 Å². The summed E-state index contributed by atoms with van der Waals surface area (Å²) in [4.78, 5) is 3.86. The van der Waals surface area contributed by atoms with Crippen LogP contribution >= 0.6 is 0 Å². The molecule has 5 heteroatoms. The van der Waals surface area contributed by atoms with Crippen LogP contribution in [0, 0.1) is 17.9 Å². The Hall–Kier alpha value is -7.86. The normalized spacial score (nSPS) is 11.6. The first-order valence-electron chi connectivity index (χ1n) is 18.3. The average Bonchev–Trinajstić information content (AvgIpc) is 3.89. The van der Waals surface area contributed by atoms with Gasteiger partial charge in [-0.2, -0.15) is 5.26 Å². The highest BCUT2D eigenvalue weighted by Gasteiger charge is 2.19. The Balaban J connectivity index is 1.13. The van der Waals surface area contributed by atoms with Crippen molar-refractivity contribution in [2.45, 2.75) is 0 Å². The molecule has 254 valence electrons. The van der Waals surface area contributed by atoms with Crippen molar-refractivity contribution in [3.05, 3.63) is 193 Å². The molecule has 0 bridgehead atoms. The number of hydrogen-bond donors (Lipinski definition) is 0. The van der Waals surface area contributed by atoms with Crippen LogP contribution in [0.3, 0.4) is 0 Å². The molecule has 0 aliphatic heterocycles. The highest BCUT2D eigenvalue weighted by molar-refractivity contribution is 6.15. The van der Waals surface area contributed by atoms with E-state index in [-0.39, 0.29) is 0 Å². The van der Waals surface area contributed by atoms with Crippen molar-refractivity contribution in [2.75, 3.05) is 0 Å². The lowest BCUT2D eigenvalue weighted by atomic mass is 9.99. The molecule has 0 spiro atoms. The summed E-state index contributed by atoms with van der Waals surface area (Å²) in [5, 5.41) is 17.2. The molecule has 3 aromatic heterocycles. The molecule has 0 aliphatic rings. The van der Waals surface area contributed by atoms with Gasteiger partial charge in [-0.1, -0.05) is 103 Å². The van der Waals surface area contributed by atoms with Crippen LogP contribution in [0.2, 0.25) is 0 Å². The van der Waals surface area contributed by atoms with E-state index < -0.39 is 0 Å². The van der Waals surface area contributed by atoms with Crippen LogP contribution in [0.1, 0.15) is 5.56 Å². The second-order valence-electron chi connectivity index (χ2n) is 14.0. The molecule has 5 nitrogen and oxygen atoms in total. The zero-order valence-corrected chi connectivity index (χ0v) is 29.5. The van der Waals surface area contributed by atoms with E-state index in [0.29, 0.717) is 11.3 Å². The maximum Gasteiger partial charge on any atom is 0.197 e. The van der Waals surface area contributed by atoms with Gasteiger partial charge in [0.15, 0.2) is 5.69 Å². The summed E-state index contributed by atoms with van der Waals surface area (Å²) in [6, 6.07) is 63.7.